The Bertz CT molecular complexity index is 683. The standard InChI is InChI=1S/C14H9F4NO2/c1-8(20)11-5-6-12(19-13(11)14(16,17)18)21-10-4-2-3-9(15)7-10/h2-7H,1H3. The smallest absolute Gasteiger partial charge is 0.434 e. The van der Waals surface area contributed by atoms with Crippen molar-refractivity contribution < 1.29 is 27.1 Å². The zero-order chi connectivity index (χ0) is 15.6. The lowest BCUT2D eigenvalue weighted by Crippen LogP contribution is -2.14. The SMILES string of the molecule is CC(=O)c1ccc(Oc2cccc(F)c2)nc1C(F)(F)F. The van der Waals surface area contributed by atoms with Crippen LogP contribution in [0.2, 0.25) is 0 Å². The number of ketones is 1. The Hall–Kier alpha value is -2.44. The van der Waals surface area contributed by atoms with Crippen LogP contribution in [0.3, 0.4) is 0 Å². The number of hydrogen-bond acceptors (Lipinski definition) is 3. The number of Topliss-reactive ketones (excluding diaryl/α,β-unsaturated/α-hetero) is 1. The van der Waals surface area contributed by atoms with Gasteiger partial charge in [0, 0.05) is 17.7 Å². The fraction of sp³-hybridized carbons (Fsp3) is 0.143. The third kappa shape index (κ3) is 3.56. The monoisotopic (exact) mass is 299 g/mol. The summed E-state index contributed by atoms with van der Waals surface area (Å²) in [5.74, 6) is -1.72. The number of benzene rings is 1. The van der Waals surface area contributed by atoms with Crippen LogP contribution in [-0.4, -0.2) is 10.8 Å². The normalized spacial score (nSPS) is 11.3. The highest BCUT2D eigenvalue weighted by Crippen LogP contribution is 2.33. The van der Waals surface area contributed by atoms with Gasteiger partial charge in [-0.3, -0.25) is 4.79 Å². The van der Waals surface area contributed by atoms with Crippen molar-refractivity contribution in [2.75, 3.05) is 0 Å². The van der Waals surface area contributed by atoms with Gasteiger partial charge in [-0.1, -0.05) is 6.07 Å². The highest BCUT2D eigenvalue weighted by molar-refractivity contribution is 5.95. The molecule has 21 heavy (non-hydrogen) atoms. The molecule has 110 valence electrons. The number of aromatic nitrogens is 1. The third-order valence-corrected chi connectivity index (χ3v) is 2.54. The minimum absolute atomic E-state index is 0.00574. The number of alkyl halides is 3. The first-order valence-electron chi connectivity index (χ1n) is 5.80. The molecule has 0 aliphatic heterocycles. The number of nitrogens with zero attached hydrogens (tertiary/aromatic N) is 1. The fourth-order valence-electron chi connectivity index (χ4n) is 1.65. The lowest BCUT2D eigenvalue weighted by molar-refractivity contribution is -0.141. The molecule has 0 radical (unpaired) electrons. The second kappa shape index (κ2) is 5.51. The van der Waals surface area contributed by atoms with Gasteiger partial charge in [0.1, 0.15) is 11.6 Å². The molecule has 2 aromatic rings. The minimum atomic E-state index is -4.79. The maximum absolute atomic E-state index is 13.0. The Morgan fingerprint density at radius 2 is 1.90 bits per heavy atom. The largest absolute Gasteiger partial charge is 0.439 e. The summed E-state index contributed by atoms with van der Waals surface area (Å²) < 4.78 is 56.6. The Morgan fingerprint density at radius 1 is 1.19 bits per heavy atom. The van der Waals surface area contributed by atoms with Gasteiger partial charge in [0.05, 0.1) is 0 Å². The van der Waals surface area contributed by atoms with E-state index in [1.54, 1.807) is 0 Å². The van der Waals surface area contributed by atoms with Crippen molar-refractivity contribution in [3.63, 3.8) is 0 Å². The van der Waals surface area contributed by atoms with Crippen molar-refractivity contribution in [1.82, 2.24) is 4.98 Å². The second-order valence-electron chi connectivity index (χ2n) is 4.16. The number of halogens is 4. The lowest BCUT2D eigenvalue weighted by Gasteiger charge is -2.12. The van der Waals surface area contributed by atoms with Crippen LogP contribution in [0, 0.1) is 5.82 Å². The van der Waals surface area contributed by atoms with Crippen LogP contribution in [0.25, 0.3) is 0 Å². The van der Waals surface area contributed by atoms with Gasteiger partial charge in [0.15, 0.2) is 11.5 Å². The Labute approximate surface area is 117 Å². The first-order chi connectivity index (χ1) is 9.77. The number of rotatable bonds is 3. The number of pyridine rings is 1. The van der Waals surface area contributed by atoms with E-state index >= 15 is 0 Å². The van der Waals surface area contributed by atoms with E-state index in [9.17, 15) is 22.4 Å². The first-order valence-corrected chi connectivity index (χ1v) is 5.80. The molecule has 0 aliphatic carbocycles. The predicted molar refractivity (Wildman–Crippen MR) is 65.7 cm³/mol. The number of carbonyl (C=O) groups is 1. The topological polar surface area (TPSA) is 39.2 Å². The summed E-state index contributed by atoms with van der Waals surface area (Å²) in [7, 11) is 0. The molecule has 0 saturated carbocycles. The van der Waals surface area contributed by atoms with E-state index < -0.39 is 29.0 Å². The quantitative estimate of drug-likeness (QED) is 0.628. The van der Waals surface area contributed by atoms with E-state index in [0.29, 0.717) is 0 Å². The van der Waals surface area contributed by atoms with E-state index in [1.807, 2.05) is 0 Å². The highest BCUT2D eigenvalue weighted by Gasteiger charge is 2.37. The van der Waals surface area contributed by atoms with Gasteiger partial charge >= 0.3 is 6.18 Å². The minimum Gasteiger partial charge on any atom is -0.439 e. The van der Waals surface area contributed by atoms with Crippen molar-refractivity contribution in [3.05, 3.63) is 53.5 Å². The van der Waals surface area contributed by atoms with E-state index in [2.05, 4.69) is 4.98 Å². The molecule has 0 aliphatic rings. The average molecular weight is 299 g/mol. The van der Waals surface area contributed by atoms with Crippen LogP contribution < -0.4 is 4.74 Å². The highest BCUT2D eigenvalue weighted by atomic mass is 19.4. The molecule has 0 N–H and O–H groups in total. The summed E-state index contributed by atoms with van der Waals surface area (Å²) in [4.78, 5) is 14.5. The van der Waals surface area contributed by atoms with Crippen LogP contribution in [0.4, 0.5) is 17.6 Å². The van der Waals surface area contributed by atoms with Crippen LogP contribution in [0.1, 0.15) is 23.0 Å². The van der Waals surface area contributed by atoms with Gasteiger partial charge in [-0.15, -0.1) is 0 Å². The molecule has 1 aromatic heterocycles. The molecule has 1 aromatic carbocycles. The van der Waals surface area contributed by atoms with Crippen molar-refractivity contribution >= 4 is 5.78 Å². The average Bonchev–Trinajstić information content (AvgIpc) is 2.37. The molecule has 0 bridgehead atoms. The van der Waals surface area contributed by atoms with Gasteiger partial charge in [-0.25, -0.2) is 9.37 Å². The maximum Gasteiger partial charge on any atom is 0.434 e. The summed E-state index contributed by atoms with van der Waals surface area (Å²) >= 11 is 0. The molecule has 0 spiro atoms. The Morgan fingerprint density at radius 3 is 2.48 bits per heavy atom. The first kappa shape index (κ1) is 15.0. The molecule has 1 heterocycles. The summed E-state index contributed by atoms with van der Waals surface area (Å²) in [5, 5.41) is 0. The van der Waals surface area contributed by atoms with Gasteiger partial charge < -0.3 is 4.74 Å². The molecule has 3 nitrogen and oxygen atoms in total. The van der Waals surface area contributed by atoms with E-state index in [0.717, 1.165) is 25.1 Å². The molecule has 0 amide bonds. The Balaban J connectivity index is 2.40. The zero-order valence-corrected chi connectivity index (χ0v) is 10.7. The number of carbonyl (C=O) groups excluding carboxylic acids is 1. The van der Waals surface area contributed by atoms with E-state index in [1.165, 1.54) is 18.2 Å². The van der Waals surface area contributed by atoms with Gasteiger partial charge in [0.25, 0.3) is 0 Å². The molecule has 7 heteroatoms. The van der Waals surface area contributed by atoms with Gasteiger partial charge in [0.2, 0.25) is 5.88 Å². The van der Waals surface area contributed by atoms with Gasteiger partial charge in [-0.05, 0) is 25.1 Å². The molecular formula is C14H9F4NO2. The predicted octanol–water partition coefficient (Wildman–Crippen LogP) is 4.23. The summed E-state index contributed by atoms with van der Waals surface area (Å²) in [6, 6.07) is 6.99. The van der Waals surface area contributed by atoms with Crippen molar-refractivity contribution in [2.24, 2.45) is 0 Å². The van der Waals surface area contributed by atoms with Gasteiger partial charge in [-0.2, -0.15) is 13.2 Å². The zero-order valence-electron chi connectivity index (χ0n) is 10.7. The third-order valence-electron chi connectivity index (χ3n) is 2.54. The van der Waals surface area contributed by atoms with Crippen LogP contribution in [-0.2, 0) is 6.18 Å². The second-order valence-corrected chi connectivity index (χ2v) is 4.16. The number of hydrogen-bond donors (Lipinski definition) is 0. The molecule has 0 atom stereocenters. The van der Waals surface area contributed by atoms with Crippen LogP contribution >= 0.6 is 0 Å². The van der Waals surface area contributed by atoms with E-state index in [-0.39, 0.29) is 11.6 Å². The van der Waals surface area contributed by atoms with Crippen molar-refractivity contribution in [1.29, 1.82) is 0 Å². The van der Waals surface area contributed by atoms with E-state index in [4.69, 9.17) is 4.74 Å². The Kier molecular flexibility index (Phi) is 3.93. The van der Waals surface area contributed by atoms with Crippen LogP contribution in [0.5, 0.6) is 11.6 Å². The summed E-state index contributed by atoms with van der Waals surface area (Å²) in [5.41, 5.74) is -1.88. The molecule has 2 rings (SSSR count). The lowest BCUT2D eigenvalue weighted by atomic mass is 10.1. The molecule has 0 saturated heterocycles. The fourth-order valence-corrected chi connectivity index (χ4v) is 1.65. The molecule has 0 unspecified atom stereocenters. The van der Waals surface area contributed by atoms with Crippen molar-refractivity contribution in [2.45, 2.75) is 13.1 Å². The van der Waals surface area contributed by atoms with Crippen LogP contribution in [0.15, 0.2) is 36.4 Å². The molecule has 0 fully saturated rings. The molecular weight excluding hydrogens is 290 g/mol. The summed E-state index contributed by atoms with van der Waals surface area (Å²) in [6.07, 6.45) is -4.79. The number of ether oxygens (including phenoxy) is 1. The summed E-state index contributed by atoms with van der Waals surface area (Å²) in [6.45, 7) is 1.01. The maximum atomic E-state index is 13.0. The van der Waals surface area contributed by atoms with Crippen molar-refractivity contribution in [3.8, 4) is 11.6 Å².